The number of nitrogens with one attached hydrogen (secondary N) is 1. The van der Waals surface area contributed by atoms with E-state index in [1.165, 1.54) is 0 Å². The average Bonchev–Trinajstić information content (AvgIpc) is 2.51. The van der Waals surface area contributed by atoms with Gasteiger partial charge in [0.05, 0.1) is 0 Å². The molecule has 0 unspecified atom stereocenters. The summed E-state index contributed by atoms with van der Waals surface area (Å²) in [7, 11) is -5.53. The first-order valence-electron chi connectivity index (χ1n) is 4.37. The SMILES string of the molecule is O=C(NS(=O)(=O)C(F)(F)F)C1CCCC1. The number of rotatable bonds is 2. The monoisotopic (exact) mass is 245 g/mol. The number of halogens is 3. The van der Waals surface area contributed by atoms with Gasteiger partial charge in [-0.05, 0) is 12.8 Å². The second kappa shape index (κ2) is 3.99. The molecule has 0 aromatic carbocycles. The van der Waals surface area contributed by atoms with Crippen molar-refractivity contribution in [1.29, 1.82) is 0 Å². The fourth-order valence-electron chi connectivity index (χ4n) is 1.46. The Kier molecular flexibility index (Phi) is 3.27. The molecular weight excluding hydrogens is 235 g/mol. The molecule has 1 N–H and O–H groups in total. The summed E-state index contributed by atoms with van der Waals surface area (Å²) in [5.41, 5.74) is -5.43. The van der Waals surface area contributed by atoms with Crippen LogP contribution in [0.2, 0.25) is 0 Å². The van der Waals surface area contributed by atoms with Gasteiger partial charge >= 0.3 is 15.5 Å². The Labute approximate surface area is 84.9 Å². The van der Waals surface area contributed by atoms with Crippen molar-refractivity contribution in [3.8, 4) is 0 Å². The van der Waals surface area contributed by atoms with E-state index in [4.69, 9.17) is 0 Å². The van der Waals surface area contributed by atoms with Crippen LogP contribution < -0.4 is 4.72 Å². The molecule has 1 aliphatic carbocycles. The van der Waals surface area contributed by atoms with Gasteiger partial charge in [-0.3, -0.25) is 4.79 Å². The van der Waals surface area contributed by atoms with Crippen molar-refractivity contribution in [2.75, 3.05) is 0 Å². The largest absolute Gasteiger partial charge is 0.516 e. The highest BCUT2D eigenvalue weighted by Gasteiger charge is 2.47. The van der Waals surface area contributed by atoms with Crippen LogP contribution in [0.4, 0.5) is 13.2 Å². The Morgan fingerprint density at radius 1 is 1.20 bits per heavy atom. The molecule has 0 radical (unpaired) electrons. The zero-order valence-electron chi connectivity index (χ0n) is 7.67. The molecule has 0 bridgehead atoms. The van der Waals surface area contributed by atoms with Gasteiger partial charge in [-0.25, -0.2) is 4.72 Å². The number of carbonyl (C=O) groups excluding carboxylic acids is 1. The minimum atomic E-state index is -5.53. The number of carbonyl (C=O) groups is 1. The molecule has 15 heavy (non-hydrogen) atoms. The van der Waals surface area contributed by atoms with Crippen LogP contribution >= 0.6 is 0 Å². The van der Waals surface area contributed by atoms with Crippen molar-refractivity contribution < 1.29 is 26.4 Å². The van der Waals surface area contributed by atoms with Gasteiger partial charge in [0.25, 0.3) is 0 Å². The molecule has 1 rings (SSSR count). The zero-order valence-corrected chi connectivity index (χ0v) is 8.49. The standard InChI is InChI=1S/C7H10F3NO3S/c8-7(9,10)15(13,14)11-6(12)5-3-1-2-4-5/h5H,1-4H2,(H,11,12). The molecular formula is C7H10F3NO3S. The second-order valence-electron chi connectivity index (χ2n) is 3.40. The third kappa shape index (κ3) is 2.83. The molecule has 0 heterocycles. The van der Waals surface area contributed by atoms with E-state index in [-0.39, 0.29) is 0 Å². The van der Waals surface area contributed by atoms with Crippen molar-refractivity contribution in [2.45, 2.75) is 31.2 Å². The fraction of sp³-hybridized carbons (Fsp3) is 0.857. The molecule has 0 aromatic rings. The van der Waals surface area contributed by atoms with E-state index in [1.807, 2.05) is 0 Å². The normalized spacial score (nSPS) is 19.1. The van der Waals surface area contributed by atoms with E-state index in [1.54, 1.807) is 0 Å². The van der Waals surface area contributed by atoms with Crippen LogP contribution in [0.1, 0.15) is 25.7 Å². The van der Waals surface area contributed by atoms with Gasteiger partial charge in [-0.1, -0.05) is 12.8 Å². The molecule has 1 aliphatic rings. The Bertz CT molecular complexity index is 343. The molecule has 8 heteroatoms. The molecule has 4 nitrogen and oxygen atoms in total. The Hall–Kier alpha value is -0.790. The molecule has 0 saturated heterocycles. The van der Waals surface area contributed by atoms with Gasteiger partial charge < -0.3 is 0 Å². The van der Waals surface area contributed by atoms with Crippen molar-refractivity contribution in [1.82, 2.24) is 4.72 Å². The van der Waals surface area contributed by atoms with Crippen LogP contribution in [-0.4, -0.2) is 19.8 Å². The van der Waals surface area contributed by atoms with E-state index in [9.17, 15) is 26.4 Å². The van der Waals surface area contributed by atoms with E-state index >= 15 is 0 Å². The van der Waals surface area contributed by atoms with Gasteiger partial charge in [0.15, 0.2) is 0 Å². The summed E-state index contributed by atoms with van der Waals surface area (Å²) >= 11 is 0. The summed E-state index contributed by atoms with van der Waals surface area (Å²) in [5, 5.41) is 0. The van der Waals surface area contributed by atoms with Crippen molar-refractivity contribution in [3.63, 3.8) is 0 Å². The number of amides is 1. The topological polar surface area (TPSA) is 63.2 Å². The zero-order chi connectivity index (χ0) is 11.7. The molecule has 1 amide bonds. The highest BCUT2D eigenvalue weighted by molar-refractivity contribution is 7.90. The lowest BCUT2D eigenvalue weighted by atomic mass is 10.1. The lowest BCUT2D eigenvalue weighted by Gasteiger charge is -2.12. The smallest absolute Gasteiger partial charge is 0.274 e. The Morgan fingerprint density at radius 3 is 2.07 bits per heavy atom. The van der Waals surface area contributed by atoms with Gasteiger partial charge in [0, 0.05) is 5.92 Å². The summed E-state index contributed by atoms with van der Waals surface area (Å²) in [6.07, 6.45) is 2.37. The molecule has 0 aromatic heterocycles. The Balaban J connectivity index is 2.66. The van der Waals surface area contributed by atoms with Crippen LogP contribution in [0.3, 0.4) is 0 Å². The van der Waals surface area contributed by atoms with Gasteiger partial charge in [0.2, 0.25) is 5.91 Å². The predicted octanol–water partition coefficient (Wildman–Crippen LogP) is 1.14. The number of hydrogen-bond acceptors (Lipinski definition) is 3. The summed E-state index contributed by atoms with van der Waals surface area (Å²) in [6, 6.07) is 0. The van der Waals surface area contributed by atoms with E-state index < -0.39 is 27.4 Å². The molecule has 0 spiro atoms. The van der Waals surface area contributed by atoms with Crippen molar-refractivity contribution in [3.05, 3.63) is 0 Å². The number of alkyl halides is 3. The maximum Gasteiger partial charge on any atom is 0.516 e. The van der Waals surface area contributed by atoms with Crippen molar-refractivity contribution >= 4 is 15.9 Å². The third-order valence-corrected chi connectivity index (χ3v) is 3.34. The van der Waals surface area contributed by atoms with Crippen LogP contribution in [0.15, 0.2) is 0 Å². The van der Waals surface area contributed by atoms with Gasteiger partial charge in [0.1, 0.15) is 0 Å². The molecule has 88 valence electrons. The van der Waals surface area contributed by atoms with Crippen LogP contribution in [0.25, 0.3) is 0 Å². The molecule has 0 atom stereocenters. The highest BCUT2D eigenvalue weighted by Crippen LogP contribution is 2.27. The number of sulfonamides is 1. The van der Waals surface area contributed by atoms with E-state index in [0.29, 0.717) is 12.8 Å². The van der Waals surface area contributed by atoms with Crippen LogP contribution in [0, 0.1) is 5.92 Å². The van der Waals surface area contributed by atoms with Crippen molar-refractivity contribution in [2.24, 2.45) is 5.92 Å². The van der Waals surface area contributed by atoms with Gasteiger partial charge in [-0.15, -0.1) is 0 Å². The van der Waals surface area contributed by atoms with E-state index in [0.717, 1.165) is 17.6 Å². The second-order valence-corrected chi connectivity index (χ2v) is 5.07. The fourth-order valence-corrected chi connectivity index (χ4v) is 2.01. The lowest BCUT2D eigenvalue weighted by molar-refractivity contribution is -0.123. The molecule has 1 fully saturated rings. The highest BCUT2D eigenvalue weighted by atomic mass is 32.2. The molecule has 0 aliphatic heterocycles. The average molecular weight is 245 g/mol. The number of hydrogen-bond donors (Lipinski definition) is 1. The molecule has 1 saturated carbocycles. The lowest BCUT2D eigenvalue weighted by Crippen LogP contribution is -2.42. The maximum atomic E-state index is 11.9. The first kappa shape index (κ1) is 12.3. The minimum Gasteiger partial charge on any atom is -0.274 e. The summed E-state index contributed by atoms with van der Waals surface area (Å²) in [4.78, 5) is 11.1. The minimum absolute atomic E-state index is 0.444. The maximum absolute atomic E-state index is 11.9. The van der Waals surface area contributed by atoms with E-state index in [2.05, 4.69) is 0 Å². The van der Waals surface area contributed by atoms with Crippen LogP contribution in [-0.2, 0) is 14.8 Å². The van der Waals surface area contributed by atoms with Gasteiger partial charge in [-0.2, -0.15) is 21.6 Å². The first-order valence-corrected chi connectivity index (χ1v) is 5.85. The Morgan fingerprint density at radius 2 is 1.67 bits per heavy atom. The predicted molar refractivity (Wildman–Crippen MR) is 45.1 cm³/mol. The summed E-state index contributed by atoms with van der Waals surface area (Å²) in [5.74, 6) is -1.66. The summed E-state index contributed by atoms with van der Waals surface area (Å²) < 4.78 is 57.8. The quantitative estimate of drug-likeness (QED) is 0.793. The first-order chi connectivity index (χ1) is 6.74. The van der Waals surface area contributed by atoms with Crippen LogP contribution in [0.5, 0.6) is 0 Å². The third-order valence-electron chi connectivity index (χ3n) is 2.27. The summed E-state index contributed by atoms with van der Waals surface area (Å²) in [6.45, 7) is 0.